The predicted molar refractivity (Wildman–Crippen MR) is 27.1 cm³/mol. The van der Waals surface area contributed by atoms with Crippen LogP contribution in [0.2, 0.25) is 0 Å². The van der Waals surface area contributed by atoms with Gasteiger partial charge in [-0.2, -0.15) is 0 Å². The maximum atomic E-state index is 4.68. The third kappa shape index (κ3) is 0.718. The number of aryl methyl sites for hydroxylation is 1. The van der Waals surface area contributed by atoms with E-state index in [4.69, 9.17) is 0 Å². The van der Waals surface area contributed by atoms with E-state index in [2.05, 4.69) is 22.3 Å². The van der Waals surface area contributed by atoms with Crippen molar-refractivity contribution in [1.29, 1.82) is 0 Å². The molecule has 1 aromatic rings. The number of nitrogens with zero attached hydrogens (tertiary/aromatic N) is 1. The third-order valence-corrected chi connectivity index (χ3v) is 1.10. The predicted octanol–water partition coefficient (Wildman–Crippen LogP) is 1.54. The number of aromatic nitrogens is 1. The van der Waals surface area contributed by atoms with E-state index in [1.807, 2.05) is 6.92 Å². The molecule has 3 heteroatoms. The van der Waals surface area contributed by atoms with Crippen LogP contribution >= 0.6 is 12.6 Å². The van der Waals surface area contributed by atoms with Crippen LogP contribution < -0.4 is 0 Å². The van der Waals surface area contributed by atoms with Gasteiger partial charge in [0.2, 0.25) is 0 Å². The highest BCUT2D eigenvalue weighted by atomic mass is 32.1. The third-order valence-electron chi connectivity index (χ3n) is 0.702. The lowest BCUT2D eigenvalue weighted by atomic mass is 10.4. The maximum absolute atomic E-state index is 4.68. The van der Waals surface area contributed by atoms with Crippen LogP contribution in [0, 0.1) is 6.92 Å². The summed E-state index contributed by atoms with van der Waals surface area (Å²) in [6.07, 6.45) is 1.53. The SMILES string of the molecule is Cc1conc1[S]. The first-order valence-electron chi connectivity index (χ1n) is 1.88. The minimum atomic E-state index is 0.556. The van der Waals surface area contributed by atoms with Crippen LogP contribution in [0.25, 0.3) is 0 Å². The van der Waals surface area contributed by atoms with Gasteiger partial charge in [-0.3, -0.25) is 0 Å². The highest BCUT2D eigenvalue weighted by Crippen LogP contribution is 2.06. The average molecular weight is 114 g/mol. The van der Waals surface area contributed by atoms with Crippen molar-refractivity contribution >= 4 is 12.6 Å². The molecule has 0 saturated heterocycles. The molecule has 37 valence electrons. The Bertz CT molecular complexity index is 144. The zero-order valence-corrected chi connectivity index (χ0v) is 4.66. The van der Waals surface area contributed by atoms with E-state index in [0.29, 0.717) is 5.03 Å². The summed E-state index contributed by atoms with van der Waals surface area (Å²) in [5, 5.41) is 4.01. The lowest BCUT2D eigenvalue weighted by Gasteiger charge is -1.71. The van der Waals surface area contributed by atoms with Crippen molar-refractivity contribution in [3.05, 3.63) is 11.8 Å². The molecule has 0 spiro atoms. The first-order valence-corrected chi connectivity index (χ1v) is 2.29. The molecule has 0 aliphatic carbocycles. The number of hydrogen-bond acceptors (Lipinski definition) is 2. The Morgan fingerprint density at radius 1 is 1.86 bits per heavy atom. The van der Waals surface area contributed by atoms with Gasteiger partial charge in [0.25, 0.3) is 0 Å². The fraction of sp³-hybridized carbons (Fsp3) is 0.250. The zero-order valence-electron chi connectivity index (χ0n) is 3.84. The summed E-state index contributed by atoms with van der Waals surface area (Å²) in [5.41, 5.74) is 0.926. The highest BCUT2D eigenvalue weighted by molar-refractivity contribution is 7.80. The molecule has 2 nitrogen and oxygen atoms in total. The second-order valence-corrected chi connectivity index (χ2v) is 1.69. The van der Waals surface area contributed by atoms with Crippen LogP contribution in [0.1, 0.15) is 5.56 Å². The van der Waals surface area contributed by atoms with Gasteiger partial charge in [0, 0.05) is 5.56 Å². The molecule has 0 unspecified atom stereocenters. The van der Waals surface area contributed by atoms with Gasteiger partial charge >= 0.3 is 0 Å². The molecule has 7 heavy (non-hydrogen) atoms. The van der Waals surface area contributed by atoms with Crippen molar-refractivity contribution < 1.29 is 4.52 Å². The topological polar surface area (TPSA) is 26.0 Å². The van der Waals surface area contributed by atoms with Gasteiger partial charge in [-0.1, -0.05) is 17.8 Å². The standard InChI is InChI=1S/C4H4NOS/c1-3-2-6-5-4(3)7/h2H,1H3. The molecule has 0 bridgehead atoms. The van der Waals surface area contributed by atoms with Gasteiger partial charge < -0.3 is 4.52 Å². The lowest BCUT2D eigenvalue weighted by Crippen LogP contribution is -1.62. The van der Waals surface area contributed by atoms with E-state index in [9.17, 15) is 0 Å². The summed E-state index contributed by atoms with van der Waals surface area (Å²) in [4.78, 5) is 0. The first kappa shape index (κ1) is 4.59. The van der Waals surface area contributed by atoms with Crippen LogP contribution in [-0.4, -0.2) is 5.16 Å². The first-order chi connectivity index (χ1) is 3.30. The van der Waals surface area contributed by atoms with Crippen molar-refractivity contribution in [3.8, 4) is 0 Å². The fourth-order valence-corrected chi connectivity index (χ4v) is 0.367. The van der Waals surface area contributed by atoms with E-state index in [1.165, 1.54) is 6.26 Å². The van der Waals surface area contributed by atoms with Crippen LogP contribution in [0.4, 0.5) is 0 Å². The molecule has 1 aromatic heterocycles. The van der Waals surface area contributed by atoms with E-state index in [-0.39, 0.29) is 0 Å². The molecule has 0 N–H and O–H groups in total. The minimum absolute atomic E-state index is 0.556. The molecule has 1 rings (SSSR count). The lowest BCUT2D eigenvalue weighted by molar-refractivity contribution is 0.404. The van der Waals surface area contributed by atoms with E-state index < -0.39 is 0 Å². The second-order valence-electron chi connectivity index (χ2n) is 1.30. The van der Waals surface area contributed by atoms with Crippen LogP contribution in [-0.2, 0) is 0 Å². The second kappa shape index (κ2) is 1.50. The Morgan fingerprint density at radius 2 is 2.57 bits per heavy atom. The zero-order chi connectivity index (χ0) is 5.28. The van der Waals surface area contributed by atoms with E-state index in [0.717, 1.165) is 5.56 Å². The highest BCUT2D eigenvalue weighted by Gasteiger charge is 1.93. The molecule has 0 atom stereocenters. The summed E-state index contributed by atoms with van der Waals surface area (Å²) >= 11 is 4.68. The monoisotopic (exact) mass is 114 g/mol. The Labute approximate surface area is 46.9 Å². The molecule has 1 radical (unpaired) electrons. The largest absolute Gasteiger partial charge is 0.363 e. The Hall–Kier alpha value is -0.570. The number of rotatable bonds is 0. The summed E-state index contributed by atoms with van der Waals surface area (Å²) in [7, 11) is 0. The van der Waals surface area contributed by atoms with Crippen molar-refractivity contribution in [1.82, 2.24) is 5.16 Å². The summed E-state index contributed by atoms with van der Waals surface area (Å²) < 4.78 is 4.49. The molecule has 0 amide bonds. The quantitative estimate of drug-likeness (QED) is 0.511. The molecule has 1 heterocycles. The molecule has 0 aliphatic heterocycles. The van der Waals surface area contributed by atoms with Gasteiger partial charge in [-0.15, -0.1) is 0 Å². The van der Waals surface area contributed by atoms with Crippen molar-refractivity contribution in [2.24, 2.45) is 0 Å². The van der Waals surface area contributed by atoms with Gasteiger partial charge in [0.15, 0.2) is 5.03 Å². The Morgan fingerprint density at radius 3 is 2.71 bits per heavy atom. The van der Waals surface area contributed by atoms with E-state index in [1.54, 1.807) is 0 Å². The normalized spacial score (nSPS) is 9.29. The van der Waals surface area contributed by atoms with Gasteiger partial charge in [0.1, 0.15) is 6.26 Å². The number of hydrogen-bond donors (Lipinski definition) is 0. The smallest absolute Gasteiger partial charge is 0.172 e. The van der Waals surface area contributed by atoms with Crippen LogP contribution in [0.15, 0.2) is 15.8 Å². The molecular formula is C4H4NOS. The van der Waals surface area contributed by atoms with Gasteiger partial charge in [-0.25, -0.2) is 0 Å². The Balaban J connectivity index is 3.12. The van der Waals surface area contributed by atoms with Gasteiger partial charge in [-0.05, 0) is 6.92 Å². The molecular weight excluding hydrogens is 110 g/mol. The summed E-state index contributed by atoms with van der Waals surface area (Å²) in [5.74, 6) is 0. The molecule has 0 aliphatic rings. The summed E-state index contributed by atoms with van der Waals surface area (Å²) in [6.45, 7) is 1.86. The van der Waals surface area contributed by atoms with E-state index >= 15 is 0 Å². The minimum Gasteiger partial charge on any atom is -0.363 e. The average Bonchev–Trinajstić information content (AvgIpc) is 1.91. The van der Waals surface area contributed by atoms with Gasteiger partial charge in [0.05, 0.1) is 0 Å². The summed E-state index contributed by atoms with van der Waals surface area (Å²) in [6, 6.07) is 0. The van der Waals surface area contributed by atoms with Crippen LogP contribution in [0.5, 0.6) is 0 Å². The fourth-order valence-electron chi connectivity index (χ4n) is 0.276. The van der Waals surface area contributed by atoms with Crippen molar-refractivity contribution in [2.45, 2.75) is 11.9 Å². The van der Waals surface area contributed by atoms with Crippen LogP contribution in [0.3, 0.4) is 0 Å². The molecule has 0 fully saturated rings. The van der Waals surface area contributed by atoms with Crippen molar-refractivity contribution in [2.75, 3.05) is 0 Å². The molecule has 0 aromatic carbocycles. The maximum Gasteiger partial charge on any atom is 0.172 e. The Kier molecular flexibility index (Phi) is 0.982. The van der Waals surface area contributed by atoms with Crippen molar-refractivity contribution in [3.63, 3.8) is 0 Å². The molecule has 0 saturated carbocycles.